The lowest BCUT2D eigenvalue weighted by atomic mass is 10.1. The Kier molecular flexibility index (Phi) is 5.51. The van der Waals surface area contributed by atoms with Gasteiger partial charge in [0.05, 0.1) is 24.9 Å². The molecule has 2 aliphatic heterocycles. The molecule has 0 aliphatic carbocycles. The van der Waals surface area contributed by atoms with E-state index in [9.17, 15) is 8.42 Å². The van der Waals surface area contributed by atoms with E-state index in [4.69, 9.17) is 4.74 Å². The SMILES string of the molecule is CN(C)S(=O)(=O)N1CCC[C@@H]1c1ccc(CN2CCOCC2)cn1. The van der Waals surface area contributed by atoms with Crippen LogP contribution in [0.3, 0.4) is 0 Å². The molecule has 2 fully saturated rings. The summed E-state index contributed by atoms with van der Waals surface area (Å²) in [5.74, 6) is 0. The van der Waals surface area contributed by atoms with Crippen molar-refractivity contribution in [2.24, 2.45) is 0 Å². The van der Waals surface area contributed by atoms with E-state index in [0.29, 0.717) is 6.54 Å². The first kappa shape index (κ1) is 17.8. The number of aromatic nitrogens is 1. The van der Waals surface area contributed by atoms with Crippen LogP contribution in [0.5, 0.6) is 0 Å². The summed E-state index contributed by atoms with van der Waals surface area (Å²) in [6.45, 7) is 4.87. The van der Waals surface area contributed by atoms with Gasteiger partial charge in [0, 0.05) is 46.5 Å². The third kappa shape index (κ3) is 3.78. The summed E-state index contributed by atoms with van der Waals surface area (Å²) in [7, 11) is -0.256. The molecule has 2 aliphatic rings. The Hall–Kier alpha value is -1.06. The van der Waals surface area contributed by atoms with Gasteiger partial charge in [0.2, 0.25) is 0 Å². The minimum absolute atomic E-state index is 0.158. The van der Waals surface area contributed by atoms with Crippen molar-refractivity contribution < 1.29 is 13.2 Å². The zero-order chi connectivity index (χ0) is 17.2. The van der Waals surface area contributed by atoms with Gasteiger partial charge in [-0.3, -0.25) is 9.88 Å². The second-order valence-electron chi connectivity index (χ2n) is 6.54. The fraction of sp³-hybridized carbons (Fsp3) is 0.688. The minimum Gasteiger partial charge on any atom is -0.379 e. The number of hydrogen-bond donors (Lipinski definition) is 0. The Balaban J connectivity index is 1.70. The van der Waals surface area contributed by atoms with Gasteiger partial charge >= 0.3 is 0 Å². The van der Waals surface area contributed by atoms with Crippen LogP contribution < -0.4 is 0 Å². The highest BCUT2D eigenvalue weighted by atomic mass is 32.2. The van der Waals surface area contributed by atoms with E-state index in [1.54, 1.807) is 18.4 Å². The highest BCUT2D eigenvalue weighted by Gasteiger charge is 2.37. The van der Waals surface area contributed by atoms with Crippen molar-refractivity contribution in [2.45, 2.75) is 25.4 Å². The molecule has 8 heteroatoms. The topological polar surface area (TPSA) is 66.0 Å². The number of hydrogen-bond acceptors (Lipinski definition) is 5. The Bertz CT molecular complexity index is 642. The molecule has 0 spiro atoms. The standard InChI is InChI=1S/C16H26N4O3S/c1-18(2)24(21,22)20-7-3-4-16(20)15-6-5-14(12-17-15)13-19-8-10-23-11-9-19/h5-6,12,16H,3-4,7-11,13H2,1-2H3/t16-/m1/s1. The van der Waals surface area contributed by atoms with E-state index in [-0.39, 0.29) is 6.04 Å². The maximum absolute atomic E-state index is 12.5. The van der Waals surface area contributed by atoms with E-state index in [0.717, 1.165) is 56.9 Å². The number of morpholine rings is 1. The molecule has 0 amide bonds. The third-order valence-electron chi connectivity index (χ3n) is 4.66. The lowest BCUT2D eigenvalue weighted by Gasteiger charge is -2.27. The molecule has 0 bridgehead atoms. The first-order chi connectivity index (χ1) is 11.5. The normalized spacial score (nSPS) is 23.9. The number of ether oxygens (including phenoxy) is 1. The Morgan fingerprint density at radius 2 is 2.00 bits per heavy atom. The fourth-order valence-corrected chi connectivity index (χ4v) is 4.58. The van der Waals surface area contributed by atoms with Crippen LogP contribution in [0.1, 0.15) is 30.1 Å². The molecule has 7 nitrogen and oxygen atoms in total. The molecule has 0 radical (unpaired) electrons. The highest BCUT2D eigenvalue weighted by Crippen LogP contribution is 2.33. The molecule has 0 aromatic carbocycles. The van der Waals surface area contributed by atoms with Crippen molar-refractivity contribution >= 4 is 10.2 Å². The molecule has 2 saturated heterocycles. The van der Waals surface area contributed by atoms with Crippen molar-refractivity contribution in [3.05, 3.63) is 29.6 Å². The van der Waals surface area contributed by atoms with Crippen LogP contribution in [0.4, 0.5) is 0 Å². The Morgan fingerprint density at radius 1 is 1.25 bits per heavy atom. The fourth-order valence-electron chi connectivity index (χ4n) is 3.27. The van der Waals surface area contributed by atoms with Crippen molar-refractivity contribution in [3.63, 3.8) is 0 Å². The average Bonchev–Trinajstić information content (AvgIpc) is 3.07. The van der Waals surface area contributed by atoms with E-state index in [2.05, 4.69) is 16.0 Å². The Morgan fingerprint density at radius 3 is 2.62 bits per heavy atom. The van der Waals surface area contributed by atoms with Crippen LogP contribution >= 0.6 is 0 Å². The zero-order valence-electron chi connectivity index (χ0n) is 14.4. The second kappa shape index (κ2) is 7.45. The molecule has 0 unspecified atom stereocenters. The van der Waals surface area contributed by atoms with Gasteiger partial charge in [-0.2, -0.15) is 17.0 Å². The summed E-state index contributed by atoms with van der Waals surface area (Å²) in [5.41, 5.74) is 1.99. The maximum atomic E-state index is 12.5. The molecule has 1 aromatic heterocycles. The summed E-state index contributed by atoms with van der Waals surface area (Å²) >= 11 is 0. The van der Waals surface area contributed by atoms with Gasteiger partial charge in [0.25, 0.3) is 10.2 Å². The molecule has 0 N–H and O–H groups in total. The first-order valence-electron chi connectivity index (χ1n) is 8.43. The van der Waals surface area contributed by atoms with Gasteiger partial charge < -0.3 is 4.74 Å². The minimum atomic E-state index is -3.40. The summed E-state index contributed by atoms with van der Waals surface area (Å²) < 4.78 is 33.1. The van der Waals surface area contributed by atoms with Gasteiger partial charge in [0.15, 0.2) is 0 Å². The molecule has 134 valence electrons. The van der Waals surface area contributed by atoms with E-state index in [1.807, 2.05) is 12.3 Å². The summed E-state index contributed by atoms with van der Waals surface area (Å²) in [4.78, 5) is 6.91. The molecule has 24 heavy (non-hydrogen) atoms. The van der Waals surface area contributed by atoms with E-state index < -0.39 is 10.2 Å². The smallest absolute Gasteiger partial charge is 0.282 e. The molecule has 1 atom stereocenters. The third-order valence-corrected chi connectivity index (χ3v) is 6.61. The first-order valence-corrected chi connectivity index (χ1v) is 9.82. The van der Waals surface area contributed by atoms with E-state index >= 15 is 0 Å². The summed E-state index contributed by atoms with van der Waals surface area (Å²) in [6.07, 6.45) is 3.57. The van der Waals surface area contributed by atoms with E-state index in [1.165, 1.54) is 4.31 Å². The quantitative estimate of drug-likeness (QED) is 0.785. The van der Waals surface area contributed by atoms with Crippen LogP contribution in [-0.4, -0.2) is 73.9 Å². The molecule has 3 rings (SSSR count). The predicted octanol–water partition coefficient (Wildman–Crippen LogP) is 0.857. The average molecular weight is 354 g/mol. The van der Waals surface area contributed by atoms with Gasteiger partial charge in [-0.05, 0) is 24.5 Å². The van der Waals surface area contributed by atoms with Crippen molar-refractivity contribution in [2.75, 3.05) is 46.9 Å². The molecule has 3 heterocycles. The van der Waals surface area contributed by atoms with Gasteiger partial charge in [-0.1, -0.05) is 6.07 Å². The lowest BCUT2D eigenvalue weighted by molar-refractivity contribution is 0.0341. The van der Waals surface area contributed by atoms with Gasteiger partial charge in [0.1, 0.15) is 0 Å². The monoisotopic (exact) mass is 354 g/mol. The van der Waals surface area contributed by atoms with Crippen LogP contribution in [0.15, 0.2) is 18.3 Å². The zero-order valence-corrected chi connectivity index (χ0v) is 15.2. The second-order valence-corrected chi connectivity index (χ2v) is 8.63. The lowest BCUT2D eigenvalue weighted by Crippen LogP contribution is -2.39. The van der Waals surface area contributed by atoms with Crippen molar-refractivity contribution in [1.29, 1.82) is 0 Å². The number of nitrogens with zero attached hydrogens (tertiary/aromatic N) is 4. The van der Waals surface area contributed by atoms with Crippen LogP contribution in [0.2, 0.25) is 0 Å². The van der Waals surface area contributed by atoms with Crippen LogP contribution in [-0.2, 0) is 21.5 Å². The number of pyridine rings is 1. The van der Waals surface area contributed by atoms with Gasteiger partial charge in [-0.15, -0.1) is 0 Å². The largest absolute Gasteiger partial charge is 0.379 e. The number of rotatable bonds is 5. The maximum Gasteiger partial charge on any atom is 0.282 e. The Labute approximate surface area is 144 Å². The summed E-state index contributed by atoms with van der Waals surface area (Å²) in [6, 6.07) is 3.88. The molecular formula is C16H26N4O3S. The highest BCUT2D eigenvalue weighted by molar-refractivity contribution is 7.86. The molecular weight excluding hydrogens is 328 g/mol. The summed E-state index contributed by atoms with van der Waals surface area (Å²) in [5, 5.41) is 0. The van der Waals surface area contributed by atoms with Crippen LogP contribution in [0.25, 0.3) is 0 Å². The predicted molar refractivity (Wildman–Crippen MR) is 91.6 cm³/mol. The molecule has 0 saturated carbocycles. The van der Waals surface area contributed by atoms with Crippen molar-refractivity contribution in [3.8, 4) is 0 Å². The molecule has 1 aromatic rings. The van der Waals surface area contributed by atoms with Crippen LogP contribution in [0, 0.1) is 0 Å². The van der Waals surface area contributed by atoms with Crippen molar-refractivity contribution in [1.82, 2.24) is 18.5 Å². The van der Waals surface area contributed by atoms with Gasteiger partial charge in [-0.25, -0.2) is 0 Å².